The fourth-order valence-electron chi connectivity index (χ4n) is 10.1. The zero-order valence-electron chi connectivity index (χ0n) is 21.0. The summed E-state index contributed by atoms with van der Waals surface area (Å²) in [6, 6.07) is 0. The molecule has 0 amide bonds. The number of ether oxygens (including phenoxy) is 4. The van der Waals surface area contributed by atoms with Gasteiger partial charge in [-0.1, -0.05) is 27.2 Å². The van der Waals surface area contributed by atoms with Crippen LogP contribution in [0.25, 0.3) is 0 Å². The molecule has 3 saturated heterocycles. The van der Waals surface area contributed by atoms with Gasteiger partial charge in [-0.2, -0.15) is 0 Å². The van der Waals surface area contributed by atoms with Crippen molar-refractivity contribution < 1.29 is 33.6 Å². The van der Waals surface area contributed by atoms with E-state index in [1.165, 1.54) is 19.8 Å². The summed E-state index contributed by atoms with van der Waals surface area (Å²) in [5.41, 5.74) is -0.788. The number of carbonyl (C=O) groups excluding carboxylic acids is 2. The molecule has 2 bridgehead atoms. The van der Waals surface area contributed by atoms with Crippen LogP contribution < -0.4 is 0 Å². The molecule has 1 N–H and O–H groups in total. The number of aliphatic hydroxyl groups excluding tert-OH is 1. The minimum Gasteiger partial charge on any atom is -0.459 e. The average molecular weight is 477 g/mol. The number of rotatable bonds is 2. The molecular weight excluding hydrogens is 436 g/mol. The molecule has 3 saturated carbocycles. The van der Waals surface area contributed by atoms with Crippen molar-refractivity contribution in [3.05, 3.63) is 0 Å². The van der Waals surface area contributed by atoms with Gasteiger partial charge in [0.2, 0.25) is 6.29 Å². The maximum atomic E-state index is 12.2. The molecule has 7 nitrogen and oxygen atoms in total. The first-order valence-electron chi connectivity index (χ1n) is 13.4. The van der Waals surface area contributed by atoms with Crippen molar-refractivity contribution in [3.63, 3.8) is 0 Å². The van der Waals surface area contributed by atoms with Gasteiger partial charge >= 0.3 is 11.9 Å². The highest BCUT2D eigenvalue weighted by Crippen LogP contribution is 2.71. The Kier molecular flexibility index (Phi) is 5.07. The van der Waals surface area contributed by atoms with E-state index in [1.54, 1.807) is 0 Å². The maximum absolute atomic E-state index is 12.2. The molecule has 0 aromatic rings. The fourth-order valence-corrected chi connectivity index (χ4v) is 10.1. The quantitative estimate of drug-likeness (QED) is 0.603. The lowest BCUT2D eigenvalue weighted by molar-refractivity contribution is -0.225. The van der Waals surface area contributed by atoms with Crippen molar-refractivity contribution in [3.8, 4) is 0 Å². The Labute approximate surface area is 202 Å². The van der Waals surface area contributed by atoms with Crippen LogP contribution >= 0.6 is 0 Å². The monoisotopic (exact) mass is 476 g/mol. The molecule has 0 aromatic heterocycles. The molecule has 1 spiro atoms. The SMILES string of the molecule is CC(=O)O[C@@H]1C[C@@H]2[C@H](CC[C@H]3[C@@]2(C)CC[C@H]2[C@@](C)(CO)CCC[C@]32C)[C@@H]2O[C@H]3OC(=O)C[C@@]31O2. The zero-order chi connectivity index (χ0) is 24.1. The predicted octanol–water partition coefficient (Wildman–Crippen LogP) is 3.95. The van der Waals surface area contributed by atoms with Crippen LogP contribution in [0, 0.1) is 39.9 Å². The van der Waals surface area contributed by atoms with Crippen molar-refractivity contribution >= 4 is 11.9 Å². The zero-order valence-corrected chi connectivity index (χ0v) is 21.0. The van der Waals surface area contributed by atoms with Gasteiger partial charge in [0.25, 0.3) is 0 Å². The van der Waals surface area contributed by atoms with Crippen LogP contribution in [0.15, 0.2) is 0 Å². The summed E-state index contributed by atoms with van der Waals surface area (Å²) in [5.74, 6) is 0.814. The summed E-state index contributed by atoms with van der Waals surface area (Å²) >= 11 is 0. The third-order valence-electron chi connectivity index (χ3n) is 11.5. The first-order valence-corrected chi connectivity index (χ1v) is 13.4. The van der Waals surface area contributed by atoms with Gasteiger partial charge in [0.1, 0.15) is 6.10 Å². The highest BCUT2D eigenvalue weighted by molar-refractivity contribution is 5.74. The van der Waals surface area contributed by atoms with E-state index in [-0.39, 0.29) is 53.0 Å². The number of hydrogen-bond acceptors (Lipinski definition) is 7. The summed E-state index contributed by atoms with van der Waals surface area (Å²) < 4.78 is 24.2. The van der Waals surface area contributed by atoms with Crippen LogP contribution in [-0.2, 0) is 28.5 Å². The van der Waals surface area contributed by atoms with Crippen LogP contribution in [0.2, 0.25) is 0 Å². The number of aliphatic hydroxyl groups is 1. The van der Waals surface area contributed by atoms with Crippen LogP contribution in [0.1, 0.15) is 85.5 Å². The van der Waals surface area contributed by atoms with Crippen molar-refractivity contribution in [1.82, 2.24) is 0 Å². The molecule has 190 valence electrons. The molecule has 6 rings (SSSR count). The Morgan fingerprint density at radius 3 is 2.62 bits per heavy atom. The Bertz CT molecular complexity index is 890. The van der Waals surface area contributed by atoms with Crippen molar-refractivity contribution in [2.75, 3.05) is 6.61 Å². The third-order valence-corrected chi connectivity index (χ3v) is 11.5. The van der Waals surface area contributed by atoms with Gasteiger partial charge in [0.15, 0.2) is 11.9 Å². The second-order valence-corrected chi connectivity index (χ2v) is 13.1. The largest absolute Gasteiger partial charge is 0.459 e. The van der Waals surface area contributed by atoms with E-state index in [0.29, 0.717) is 18.3 Å². The molecular formula is C27H40O7. The second-order valence-electron chi connectivity index (χ2n) is 13.1. The van der Waals surface area contributed by atoms with Gasteiger partial charge in [0, 0.05) is 19.4 Å². The van der Waals surface area contributed by atoms with Crippen molar-refractivity contribution in [2.24, 2.45) is 39.9 Å². The average Bonchev–Trinajstić information content (AvgIpc) is 3.21. The number of esters is 2. The van der Waals surface area contributed by atoms with Gasteiger partial charge < -0.3 is 24.1 Å². The maximum Gasteiger partial charge on any atom is 0.311 e. The number of carbonyl (C=O) groups is 2. The van der Waals surface area contributed by atoms with Gasteiger partial charge in [-0.25, -0.2) is 0 Å². The van der Waals surface area contributed by atoms with E-state index < -0.39 is 24.3 Å². The Balaban J connectivity index is 1.38. The molecule has 7 heteroatoms. The molecule has 6 fully saturated rings. The standard InChI is InChI=1S/C27H40O7/c1-15(29)31-20-12-17-16(22-33-23-27(20,34-22)13-21(30)32-23)6-7-19-25(17,3)11-8-18-24(2,14-28)9-5-10-26(18,19)4/h16-20,22-23,28H,5-14H2,1-4H3/t16-,17+,18-,19-,20+,22+,23+,24+,25-,26-,27-/m0/s1. The van der Waals surface area contributed by atoms with Crippen molar-refractivity contribution in [1.29, 1.82) is 0 Å². The summed E-state index contributed by atoms with van der Waals surface area (Å²) in [5, 5.41) is 10.4. The third kappa shape index (κ3) is 2.92. The molecule has 3 heterocycles. The van der Waals surface area contributed by atoms with E-state index >= 15 is 0 Å². The minimum absolute atomic E-state index is 0.00602. The Hall–Kier alpha value is -1.18. The van der Waals surface area contributed by atoms with Gasteiger partial charge in [-0.15, -0.1) is 0 Å². The molecule has 11 atom stereocenters. The predicted molar refractivity (Wildman–Crippen MR) is 121 cm³/mol. The topological polar surface area (TPSA) is 91.3 Å². The number of hydrogen-bond donors (Lipinski definition) is 1. The summed E-state index contributed by atoms with van der Waals surface area (Å²) in [7, 11) is 0. The van der Waals surface area contributed by atoms with E-state index in [0.717, 1.165) is 32.1 Å². The second kappa shape index (κ2) is 7.42. The molecule has 34 heavy (non-hydrogen) atoms. The van der Waals surface area contributed by atoms with E-state index in [1.807, 2.05) is 0 Å². The fraction of sp³-hybridized carbons (Fsp3) is 0.926. The summed E-state index contributed by atoms with van der Waals surface area (Å²) in [6.45, 7) is 8.93. The molecule has 0 unspecified atom stereocenters. The Morgan fingerprint density at radius 2 is 1.88 bits per heavy atom. The first-order chi connectivity index (χ1) is 16.1. The highest BCUT2D eigenvalue weighted by Gasteiger charge is 2.71. The normalized spacial score (nSPS) is 55.8. The first kappa shape index (κ1) is 23.2. The van der Waals surface area contributed by atoms with Crippen LogP contribution in [-0.4, -0.2) is 47.9 Å². The molecule has 6 aliphatic rings. The summed E-state index contributed by atoms with van der Waals surface area (Å²) in [6.07, 6.45) is 6.78. The van der Waals surface area contributed by atoms with Gasteiger partial charge in [-0.3, -0.25) is 9.59 Å². The molecule has 3 aliphatic heterocycles. The lowest BCUT2D eigenvalue weighted by atomic mass is 9.38. The molecule has 0 radical (unpaired) electrons. The van der Waals surface area contributed by atoms with E-state index in [9.17, 15) is 14.7 Å². The van der Waals surface area contributed by atoms with E-state index in [4.69, 9.17) is 18.9 Å². The van der Waals surface area contributed by atoms with Crippen LogP contribution in [0.5, 0.6) is 0 Å². The van der Waals surface area contributed by atoms with Gasteiger partial charge in [0.05, 0.1) is 6.42 Å². The molecule has 3 aliphatic carbocycles. The lowest BCUT2D eigenvalue weighted by Gasteiger charge is -2.67. The lowest BCUT2D eigenvalue weighted by Crippen LogP contribution is -2.61. The Morgan fingerprint density at radius 1 is 1.09 bits per heavy atom. The van der Waals surface area contributed by atoms with E-state index in [2.05, 4.69) is 20.8 Å². The van der Waals surface area contributed by atoms with Gasteiger partial charge in [-0.05, 0) is 78.9 Å². The highest BCUT2D eigenvalue weighted by atomic mass is 16.8. The minimum atomic E-state index is -1.03. The molecule has 0 aromatic carbocycles. The smallest absolute Gasteiger partial charge is 0.311 e. The van der Waals surface area contributed by atoms with Crippen LogP contribution in [0.3, 0.4) is 0 Å². The number of fused-ring (bicyclic) bond motifs is 7. The van der Waals surface area contributed by atoms with Crippen LogP contribution in [0.4, 0.5) is 0 Å². The summed E-state index contributed by atoms with van der Waals surface area (Å²) in [4.78, 5) is 24.4. The van der Waals surface area contributed by atoms with Crippen molar-refractivity contribution in [2.45, 2.75) is 110 Å².